The summed E-state index contributed by atoms with van der Waals surface area (Å²) in [5.41, 5.74) is 3.22. The fourth-order valence-corrected chi connectivity index (χ4v) is 2.47. The Hall–Kier alpha value is -2.20. The number of rotatable bonds is 4. The molecule has 1 aromatic carbocycles. The Morgan fingerprint density at radius 2 is 2.00 bits per heavy atom. The second-order valence-corrected chi connectivity index (χ2v) is 5.22. The highest BCUT2D eigenvalue weighted by molar-refractivity contribution is 5.89. The van der Waals surface area contributed by atoms with Gasteiger partial charge in [-0.25, -0.2) is 9.97 Å². The normalized spacial score (nSPS) is 11.2. The number of fused-ring (bicyclic) bond motifs is 1. The SMILES string of the molecule is CCNCc1cc2ccccc2c(-n2cnc(C)c2C)n1. The summed E-state index contributed by atoms with van der Waals surface area (Å²) in [5.74, 6) is 0.958. The zero-order chi connectivity index (χ0) is 14.8. The number of hydrogen-bond acceptors (Lipinski definition) is 3. The van der Waals surface area contributed by atoms with Gasteiger partial charge in [-0.15, -0.1) is 0 Å². The third-order valence-corrected chi connectivity index (χ3v) is 3.81. The van der Waals surface area contributed by atoms with Crippen LogP contribution in [-0.2, 0) is 6.54 Å². The molecule has 4 nitrogen and oxygen atoms in total. The summed E-state index contributed by atoms with van der Waals surface area (Å²) in [6.07, 6.45) is 1.86. The highest BCUT2D eigenvalue weighted by Crippen LogP contribution is 2.23. The van der Waals surface area contributed by atoms with Crippen molar-refractivity contribution < 1.29 is 0 Å². The lowest BCUT2D eigenvalue weighted by molar-refractivity contribution is 0.709. The molecule has 0 aliphatic heterocycles. The first kappa shape index (κ1) is 13.8. The number of imidazole rings is 1. The third-order valence-electron chi connectivity index (χ3n) is 3.81. The van der Waals surface area contributed by atoms with E-state index in [1.807, 2.05) is 13.3 Å². The topological polar surface area (TPSA) is 42.7 Å². The highest BCUT2D eigenvalue weighted by Gasteiger charge is 2.11. The first-order valence-electron chi connectivity index (χ1n) is 7.31. The fourth-order valence-electron chi connectivity index (χ4n) is 2.47. The van der Waals surface area contributed by atoms with Crippen LogP contribution in [0.25, 0.3) is 16.6 Å². The van der Waals surface area contributed by atoms with Gasteiger partial charge in [0.05, 0.1) is 11.4 Å². The minimum Gasteiger partial charge on any atom is -0.311 e. The average molecular weight is 280 g/mol. The van der Waals surface area contributed by atoms with Crippen LogP contribution in [-0.4, -0.2) is 21.1 Å². The molecule has 0 unspecified atom stereocenters. The van der Waals surface area contributed by atoms with Gasteiger partial charge < -0.3 is 5.32 Å². The van der Waals surface area contributed by atoms with Crippen molar-refractivity contribution in [3.63, 3.8) is 0 Å². The molecule has 0 aliphatic carbocycles. The summed E-state index contributed by atoms with van der Waals surface area (Å²) >= 11 is 0. The van der Waals surface area contributed by atoms with Crippen LogP contribution in [0.4, 0.5) is 0 Å². The van der Waals surface area contributed by atoms with Crippen LogP contribution in [0.3, 0.4) is 0 Å². The van der Waals surface area contributed by atoms with E-state index in [-0.39, 0.29) is 0 Å². The van der Waals surface area contributed by atoms with Gasteiger partial charge in [0.15, 0.2) is 0 Å². The molecule has 1 N–H and O–H groups in total. The lowest BCUT2D eigenvalue weighted by Gasteiger charge is -2.12. The van der Waals surface area contributed by atoms with Crippen molar-refractivity contribution in [2.24, 2.45) is 0 Å². The molecule has 0 bridgehead atoms. The van der Waals surface area contributed by atoms with Gasteiger partial charge in [-0.05, 0) is 31.8 Å². The van der Waals surface area contributed by atoms with Gasteiger partial charge in [0.1, 0.15) is 12.1 Å². The smallest absolute Gasteiger partial charge is 0.146 e. The molecule has 108 valence electrons. The zero-order valence-electron chi connectivity index (χ0n) is 12.7. The van der Waals surface area contributed by atoms with Crippen molar-refractivity contribution in [3.05, 3.63) is 53.7 Å². The Labute approximate surface area is 124 Å². The van der Waals surface area contributed by atoms with Gasteiger partial charge in [-0.1, -0.05) is 31.2 Å². The summed E-state index contributed by atoms with van der Waals surface area (Å²) in [6, 6.07) is 10.5. The Bertz CT molecular complexity index is 774. The third kappa shape index (κ3) is 2.54. The Kier molecular flexibility index (Phi) is 3.71. The Balaban J connectivity index is 2.21. The number of aryl methyl sites for hydroxylation is 1. The maximum Gasteiger partial charge on any atom is 0.146 e. The van der Waals surface area contributed by atoms with Crippen LogP contribution in [0.5, 0.6) is 0 Å². The molecule has 0 amide bonds. The molecule has 0 saturated carbocycles. The summed E-state index contributed by atoms with van der Waals surface area (Å²) in [7, 11) is 0. The maximum atomic E-state index is 4.84. The largest absolute Gasteiger partial charge is 0.311 e. The minimum atomic E-state index is 0.779. The quantitative estimate of drug-likeness (QED) is 0.798. The Morgan fingerprint density at radius 3 is 2.71 bits per heavy atom. The first-order chi connectivity index (χ1) is 10.2. The number of pyridine rings is 1. The van der Waals surface area contributed by atoms with Crippen LogP contribution in [0.2, 0.25) is 0 Å². The summed E-state index contributed by atoms with van der Waals surface area (Å²) in [4.78, 5) is 9.24. The minimum absolute atomic E-state index is 0.779. The number of benzene rings is 1. The number of aromatic nitrogens is 3. The van der Waals surface area contributed by atoms with E-state index >= 15 is 0 Å². The lowest BCUT2D eigenvalue weighted by Crippen LogP contribution is -2.14. The molecule has 0 radical (unpaired) electrons. The van der Waals surface area contributed by atoms with E-state index < -0.39 is 0 Å². The van der Waals surface area contributed by atoms with Gasteiger partial charge >= 0.3 is 0 Å². The van der Waals surface area contributed by atoms with Crippen LogP contribution >= 0.6 is 0 Å². The Morgan fingerprint density at radius 1 is 1.19 bits per heavy atom. The number of nitrogens with one attached hydrogen (secondary N) is 1. The molecule has 3 aromatic rings. The standard InChI is InChI=1S/C17H20N4/c1-4-18-10-15-9-14-7-5-6-8-16(14)17(20-15)21-11-19-12(2)13(21)3/h5-9,11,18H,4,10H2,1-3H3. The van der Waals surface area contributed by atoms with Gasteiger partial charge in [0.2, 0.25) is 0 Å². The average Bonchev–Trinajstić information content (AvgIpc) is 2.84. The summed E-state index contributed by atoms with van der Waals surface area (Å²) in [6.45, 7) is 7.92. The molecule has 3 rings (SSSR count). The van der Waals surface area contributed by atoms with Crippen molar-refractivity contribution >= 4 is 10.8 Å². The van der Waals surface area contributed by atoms with E-state index in [1.165, 1.54) is 5.39 Å². The second-order valence-electron chi connectivity index (χ2n) is 5.22. The summed E-state index contributed by atoms with van der Waals surface area (Å²) < 4.78 is 2.08. The fraction of sp³-hybridized carbons (Fsp3) is 0.294. The van der Waals surface area contributed by atoms with E-state index in [0.717, 1.165) is 41.4 Å². The van der Waals surface area contributed by atoms with Gasteiger partial charge in [0.25, 0.3) is 0 Å². The van der Waals surface area contributed by atoms with E-state index in [0.29, 0.717) is 0 Å². The molecule has 0 fully saturated rings. The van der Waals surface area contributed by atoms with E-state index in [1.54, 1.807) is 0 Å². The zero-order valence-corrected chi connectivity index (χ0v) is 12.7. The predicted octanol–water partition coefficient (Wildman–Crippen LogP) is 3.15. The lowest BCUT2D eigenvalue weighted by atomic mass is 10.1. The van der Waals surface area contributed by atoms with Crippen LogP contribution in [0.15, 0.2) is 36.7 Å². The summed E-state index contributed by atoms with van der Waals surface area (Å²) in [5, 5.41) is 5.70. The van der Waals surface area contributed by atoms with Gasteiger partial charge in [0, 0.05) is 17.6 Å². The van der Waals surface area contributed by atoms with Crippen molar-refractivity contribution in [1.29, 1.82) is 0 Å². The highest BCUT2D eigenvalue weighted by atomic mass is 15.1. The molecular weight excluding hydrogens is 260 g/mol. The molecular formula is C17H20N4. The first-order valence-corrected chi connectivity index (χ1v) is 7.31. The van der Waals surface area contributed by atoms with E-state index in [9.17, 15) is 0 Å². The van der Waals surface area contributed by atoms with E-state index in [4.69, 9.17) is 4.98 Å². The molecule has 0 aliphatic rings. The van der Waals surface area contributed by atoms with Crippen molar-refractivity contribution in [2.75, 3.05) is 6.54 Å². The number of nitrogens with zero attached hydrogens (tertiary/aromatic N) is 3. The molecule has 0 atom stereocenters. The number of hydrogen-bond donors (Lipinski definition) is 1. The molecule has 2 aromatic heterocycles. The molecule has 21 heavy (non-hydrogen) atoms. The molecule has 0 saturated heterocycles. The van der Waals surface area contributed by atoms with Gasteiger partial charge in [-0.2, -0.15) is 0 Å². The van der Waals surface area contributed by atoms with Gasteiger partial charge in [-0.3, -0.25) is 4.57 Å². The predicted molar refractivity (Wildman–Crippen MR) is 85.7 cm³/mol. The van der Waals surface area contributed by atoms with Crippen LogP contribution < -0.4 is 5.32 Å². The maximum absolute atomic E-state index is 4.84. The monoisotopic (exact) mass is 280 g/mol. The van der Waals surface area contributed by atoms with Crippen LogP contribution in [0, 0.1) is 13.8 Å². The molecule has 4 heteroatoms. The molecule has 2 heterocycles. The second kappa shape index (κ2) is 5.66. The van der Waals surface area contributed by atoms with Crippen molar-refractivity contribution in [2.45, 2.75) is 27.3 Å². The van der Waals surface area contributed by atoms with Crippen LogP contribution in [0.1, 0.15) is 24.0 Å². The van der Waals surface area contributed by atoms with Crippen molar-refractivity contribution in [1.82, 2.24) is 19.9 Å². The van der Waals surface area contributed by atoms with Crippen molar-refractivity contribution in [3.8, 4) is 5.82 Å². The molecule has 0 spiro atoms. The van der Waals surface area contributed by atoms with E-state index in [2.05, 4.69) is 59.0 Å².